The summed E-state index contributed by atoms with van der Waals surface area (Å²) in [7, 11) is 3.64. The number of nitrogens with zero attached hydrogens (tertiary/aromatic N) is 2. The van der Waals surface area contributed by atoms with Crippen molar-refractivity contribution in [3.05, 3.63) is 47.3 Å². The van der Waals surface area contributed by atoms with E-state index in [2.05, 4.69) is 34.7 Å². The zero-order chi connectivity index (χ0) is 13.0. The Morgan fingerprint density at radius 3 is 2.44 bits per heavy atom. The minimum atomic E-state index is 0.662. The van der Waals surface area contributed by atoms with Gasteiger partial charge in [0.25, 0.3) is 0 Å². The highest BCUT2D eigenvalue weighted by Gasteiger charge is 2.02. The first-order valence-corrected chi connectivity index (χ1v) is 6.00. The first-order chi connectivity index (χ1) is 8.69. The van der Waals surface area contributed by atoms with Crippen LogP contribution in [0, 0.1) is 6.92 Å². The Bertz CT molecular complexity index is 502. The van der Waals surface area contributed by atoms with Crippen LogP contribution in [0.5, 0.6) is 0 Å². The van der Waals surface area contributed by atoms with Gasteiger partial charge in [0.05, 0.1) is 18.0 Å². The maximum Gasteiger partial charge on any atom is 0.0825 e. The van der Waals surface area contributed by atoms with Gasteiger partial charge in [0.15, 0.2) is 0 Å². The van der Waals surface area contributed by atoms with Crippen molar-refractivity contribution < 1.29 is 4.74 Å². The normalized spacial score (nSPS) is 10.6. The standard InChI is InChI=1S/C14H19N3O/c1-11-14(9-17(2)16-11)15-8-12-4-6-13(7-5-12)10-18-3/h4-7,9,15H,8,10H2,1-3H3. The number of methoxy groups -OCH3 is 1. The Hall–Kier alpha value is -1.81. The molecule has 96 valence electrons. The molecule has 0 unspecified atom stereocenters. The van der Waals surface area contributed by atoms with Crippen LogP contribution in [0.15, 0.2) is 30.5 Å². The van der Waals surface area contributed by atoms with Gasteiger partial charge in [-0.25, -0.2) is 0 Å². The number of hydrogen-bond donors (Lipinski definition) is 1. The first-order valence-electron chi connectivity index (χ1n) is 6.00. The van der Waals surface area contributed by atoms with E-state index in [0.29, 0.717) is 6.61 Å². The lowest BCUT2D eigenvalue weighted by Gasteiger charge is -2.06. The molecule has 1 aromatic heterocycles. The van der Waals surface area contributed by atoms with Crippen LogP contribution in [-0.2, 0) is 24.9 Å². The number of nitrogens with one attached hydrogen (secondary N) is 1. The molecule has 0 atom stereocenters. The third kappa shape index (κ3) is 3.11. The van der Waals surface area contributed by atoms with Gasteiger partial charge in [-0.2, -0.15) is 5.10 Å². The third-order valence-corrected chi connectivity index (χ3v) is 2.83. The lowest BCUT2D eigenvalue weighted by Crippen LogP contribution is -2.00. The second kappa shape index (κ2) is 5.69. The van der Waals surface area contributed by atoms with E-state index in [-0.39, 0.29) is 0 Å². The van der Waals surface area contributed by atoms with Gasteiger partial charge in [-0.05, 0) is 18.1 Å². The predicted octanol–water partition coefficient (Wildman–Crippen LogP) is 2.49. The monoisotopic (exact) mass is 245 g/mol. The van der Waals surface area contributed by atoms with E-state index in [1.165, 1.54) is 11.1 Å². The zero-order valence-corrected chi connectivity index (χ0v) is 11.1. The predicted molar refractivity (Wildman–Crippen MR) is 72.4 cm³/mol. The Labute approximate surface area is 108 Å². The Kier molecular flexibility index (Phi) is 3.99. The first kappa shape index (κ1) is 12.6. The molecule has 0 aliphatic heterocycles. The van der Waals surface area contributed by atoms with Crippen LogP contribution in [0.2, 0.25) is 0 Å². The van der Waals surface area contributed by atoms with E-state index in [1.54, 1.807) is 7.11 Å². The summed E-state index contributed by atoms with van der Waals surface area (Å²) in [6.07, 6.45) is 1.99. The van der Waals surface area contributed by atoms with E-state index >= 15 is 0 Å². The van der Waals surface area contributed by atoms with Gasteiger partial charge in [-0.1, -0.05) is 24.3 Å². The van der Waals surface area contributed by atoms with Crippen LogP contribution < -0.4 is 5.32 Å². The number of aryl methyl sites for hydroxylation is 2. The van der Waals surface area contributed by atoms with Crippen LogP contribution in [0.4, 0.5) is 5.69 Å². The number of anilines is 1. The highest BCUT2D eigenvalue weighted by atomic mass is 16.5. The van der Waals surface area contributed by atoms with Crippen LogP contribution in [0.25, 0.3) is 0 Å². The molecule has 0 amide bonds. The minimum absolute atomic E-state index is 0.662. The molecule has 0 saturated carbocycles. The Morgan fingerprint density at radius 1 is 1.22 bits per heavy atom. The minimum Gasteiger partial charge on any atom is -0.380 e. The zero-order valence-electron chi connectivity index (χ0n) is 11.1. The molecular formula is C14H19N3O. The maximum absolute atomic E-state index is 5.09. The van der Waals surface area contributed by atoms with E-state index in [4.69, 9.17) is 4.74 Å². The molecule has 18 heavy (non-hydrogen) atoms. The fourth-order valence-electron chi connectivity index (χ4n) is 1.89. The summed E-state index contributed by atoms with van der Waals surface area (Å²) < 4.78 is 6.91. The van der Waals surface area contributed by atoms with Gasteiger partial charge < -0.3 is 10.1 Å². The fourth-order valence-corrected chi connectivity index (χ4v) is 1.89. The third-order valence-electron chi connectivity index (χ3n) is 2.83. The molecular weight excluding hydrogens is 226 g/mol. The van der Waals surface area contributed by atoms with Crippen LogP contribution in [0.3, 0.4) is 0 Å². The molecule has 0 radical (unpaired) electrons. The SMILES string of the molecule is COCc1ccc(CNc2cn(C)nc2C)cc1. The van der Waals surface area contributed by atoms with E-state index in [1.807, 2.05) is 24.9 Å². The number of aromatic nitrogens is 2. The Balaban J connectivity index is 1.95. The summed E-state index contributed by atoms with van der Waals surface area (Å²) >= 11 is 0. The highest BCUT2D eigenvalue weighted by molar-refractivity contribution is 5.46. The molecule has 0 fully saturated rings. The van der Waals surface area contributed by atoms with Crippen molar-refractivity contribution in [2.75, 3.05) is 12.4 Å². The molecule has 4 heteroatoms. The maximum atomic E-state index is 5.09. The number of ether oxygens (including phenoxy) is 1. The summed E-state index contributed by atoms with van der Waals surface area (Å²) in [6, 6.07) is 8.42. The number of benzene rings is 1. The number of hydrogen-bond acceptors (Lipinski definition) is 3. The molecule has 0 saturated heterocycles. The highest BCUT2D eigenvalue weighted by Crippen LogP contribution is 2.13. The molecule has 2 aromatic rings. The topological polar surface area (TPSA) is 39.1 Å². The van der Waals surface area contributed by atoms with E-state index in [9.17, 15) is 0 Å². The summed E-state index contributed by atoms with van der Waals surface area (Å²) in [5.74, 6) is 0. The average molecular weight is 245 g/mol. The fraction of sp³-hybridized carbons (Fsp3) is 0.357. The van der Waals surface area contributed by atoms with Crippen molar-refractivity contribution in [2.45, 2.75) is 20.1 Å². The van der Waals surface area contributed by atoms with Gasteiger partial charge in [-0.3, -0.25) is 4.68 Å². The Morgan fingerprint density at radius 2 is 1.89 bits per heavy atom. The van der Waals surface area contributed by atoms with Crippen molar-refractivity contribution >= 4 is 5.69 Å². The summed E-state index contributed by atoms with van der Waals surface area (Å²) in [5, 5.41) is 7.69. The second-order valence-electron chi connectivity index (χ2n) is 4.40. The van der Waals surface area contributed by atoms with Crippen molar-refractivity contribution in [1.82, 2.24) is 9.78 Å². The molecule has 4 nitrogen and oxygen atoms in total. The van der Waals surface area contributed by atoms with Crippen molar-refractivity contribution in [2.24, 2.45) is 7.05 Å². The number of rotatable bonds is 5. The average Bonchev–Trinajstić information content (AvgIpc) is 2.67. The van der Waals surface area contributed by atoms with Crippen molar-refractivity contribution in [3.63, 3.8) is 0 Å². The molecule has 1 N–H and O–H groups in total. The van der Waals surface area contributed by atoms with Crippen LogP contribution in [-0.4, -0.2) is 16.9 Å². The van der Waals surface area contributed by atoms with Crippen LogP contribution in [0.1, 0.15) is 16.8 Å². The summed E-state index contributed by atoms with van der Waals surface area (Å²) in [6.45, 7) is 3.47. The largest absolute Gasteiger partial charge is 0.380 e. The summed E-state index contributed by atoms with van der Waals surface area (Å²) in [4.78, 5) is 0. The molecule has 2 rings (SSSR count). The van der Waals surface area contributed by atoms with E-state index < -0.39 is 0 Å². The summed E-state index contributed by atoms with van der Waals surface area (Å²) in [5.41, 5.74) is 4.55. The molecule has 1 heterocycles. The van der Waals surface area contributed by atoms with E-state index in [0.717, 1.165) is 17.9 Å². The molecule has 0 spiro atoms. The van der Waals surface area contributed by atoms with Gasteiger partial charge in [-0.15, -0.1) is 0 Å². The van der Waals surface area contributed by atoms with Crippen molar-refractivity contribution in [3.8, 4) is 0 Å². The lowest BCUT2D eigenvalue weighted by atomic mass is 10.1. The van der Waals surface area contributed by atoms with Gasteiger partial charge in [0.1, 0.15) is 0 Å². The molecule has 0 bridgehead atoms. The molecule has 0 aliphatic rings. The van der Waals surface area contributed by atoms with Gasteiger partial charge in [0.2, 0.25) is 0 Å². The smallest absolute Gasteiger partial charge is 0.0825 e. The van der Waals surface area contributed by atoms with Crippen LogP contribution >= 0.6 is 0 Å². The van der Waals surface area contributed by atoms with Gasteiger partial charge in [0, 0.05) is 26.9 Å². The lowest BCUT2D eigenvalue weighted by molar-refractivity contribution is 0.185. The second-order valence-corrected chi connectivity index (χ2v) is 4.40. The van der Waals surface area contributed by atoms with Gasteiger partial charge >= 0.3 is 0 Å². The molecule has 1 aromatic carbocycles. The molecule has 0 aliphatic carbocycles. The van der Waals surface area contributed by atoms with Crippen molar-refractivity contribution in [1.29, 1.82) is 0 Å². The quantitative estimate of drug-likeness (QED) is 0.879.